The molecule has 18 heavy (non-hydrogen) atoms. The first kappa shape index (κ1) is 12.3. The molecule has 2 heterocycles. The molecule has 0 aliphatic heterocycles. The van der Waals surface area contributed by atoms with Crippen molar-refractivity contribution in [1.82, 2.24) is 19.9 Å². The van der Waals surface area contributed by atoms with Gasteiger partial charge in [-0.1, -0.05) is 0 Å². The van der Waals surface area contributed by atoms with Crippen LogP contribution in [-0.2, 0) is 4.79 Å². The minimum absolute atomic E-state index is 0.0509. The molecule has 0 spiro atoms. The van der Waals surface area contributed by atoms with Crippen molar-refractivity contribution in [2.45, 2.75) is 26.8 Å². The maximum atomic E-state index is 11.5. The summed E-state index contributed by atoms with van der Waals surface area (Å²) in [6.45, 7) is 5.98. The number of hydrogen-bond donors (Lipinski definition) is 2. The zero-order chi connectivity index (χ0) is 13.1. The van der Waals surface area contributed by atoms with Gasteiger partial charge in [-0.05, 0) is 26.8 Å². The van der Waals surface area contributed by atoms with E-state index < -0.39 is 0 Å². The second-order valence-electron chi connectivity index (χ2n) is 4.47. The number of carbonyl (C=O) groups excluding carboxylic acids is 1. The van der Waals surface area contributed by atoms with Gasteiger partial charge in [0.1, 0.15) is 5.52 Å². The third-order valence-corrected chi connectivity index (χ3v) is 2.38. The summed E-state index contributed by atoms with van der Waals surface area (Å²) in [5, 5.41) is 10.1. The van der Waals surface area contributed by atoms with Crippen molar-refractivity contribution < 1.29 is 4.79 Å². The van der Waals surface area contributed by atoms with E-state index in [1.807, 2.05) is 26.8 Å². The Morgan fingerprint density at radius 1 is 1.50 bits per heavy atom. The lowest BCUT2D eigenvalue weighted by Gasteiger charge is -2.10. The summed E-state index contributed by atoms with van der Waals surface area (Å²) in [7, 11) is 0. The third kappa shape index (κ3) is 2.77. The van der Waals surface area contributed by atoms with Gasteiger partial charge < -0.3 is 10.6 Å². The van der Waals surface area contributed by atoms with Gasteiger partial charge in [0.2, 0.25) is 5.91 Å². The predicted molar refractivity (Wildman–Crippen MR) is 69.5 cm³/mol. The van der Waals surface area contributed by atoms with Gasteiger partial charge in [-0.25, -0.2) is 9.50 Å². The molecule has 1 amide bonds. The highest BCUT2D eigenvalue weighted by molar-refractivity contribution is 5.82. The zero-order valence-corrected chi connectivity index (χ0v) is 10.8. The quantitative estimate of drug-likeness (QED) is 0.844. The van der Waals surface area contributed by atoms with Crippen LogP contribution < -0.4 is 10.6 Å². The van der Waals surface area contributed by atoms with Gasteiger partial charge in [0.15, 0.2) is 5.82 Å². The Kier molecular flexibility index (Phi) is 3.45. The lowest BCUT2D eigenvalue weighted by Crippen LogP contribution is -2.35. The Bertz CT molecular complexity index is 561. The standard InChI is InChI=1S/C12H17N5O/c1-8(2)15-11(18)7-14-12-10-6-9(3)16-17(10)5-4-13-12/h4-6,8H,7H2,1-3H3,(H,13,14)(H,15,18). The van der Waals surface area contributed by atoms with Crippen LogP contribution in [0.1, 0.15) is 19.5 Å². The fourth-order valence-electron chi connectivity index (χ4n) is 1.72. The number of aryl methyl sites for hydroxylation is 1. The van der Waals surface area contributed by atoms with Crippen LogP contribution in [0.15, 0.2) is 18.5 Å². The molecular weight excluding hydrogens is 230 g/mol. The molecule has 6 nitrogen and oxygen atoms in total. The van der Waals surface area contributed by atoms with Gasteiger partial charge in [-0.3, -0.25) is 4.79 Å². The molecule has 0 saturated heterocycles. The van der Waals surface area contributed by atoms with Gasteiger partial charge in [0, 0.05) is 18.4 Å². The molecule has 0 fully saturated rings. The summed E-state index contributed by atoms with van der Waals surface area (Å²) in [6, 6.07) is 2.07. The Morgan fingerprint density at radius 3 is 3.00 bits per heavy atom. The Balaban J connectivity index is 2.10. The summed E-state index contributed by atoms with van der Waals surface area (Å²) >= 11 is 0. The van der Waals surface area contributed by atoms with E-state index >= 15 is 0 Å². The Labute approximate surface area is 105 Å². The van der Waals surface area contributed by atoms with Crippen molar-refractivity contribution in [3.05, 3.63) is 24.2 Å². The highest BCUT2D eigenvalue weighted by Crippen LogP contribution is 2.13. The molecular formula is C12H17N5O. The van der Waals surface area contributed by atoms with E-state index in [9.17, 15) is 4.79 Å². The summed E-state index contributed by atoms with van der Waals surface area (Å²) < 4.78 is 1.74. The number of nitrogens with one attached hydrogen (secondary N) is 2. The van der Waals surface area contributed by atoms with E-state index in [4.69, 9.17) is 0 Å². The smallest absolute Gasteiger partial charge is 0.239 e. The van der Waals surface area contributed by atoms with Crippen molar-refractivity contribution >= 4 is 17.2 Å². The van der Waals surface area contributed by atoms with Gasteiger partial charge >= 0.3 is 0 Å². The predicted octanol–water partition coefficient (Wildman–Crippen LogP) is 0.974. The number of anilines is 1. The molecule has 6 heteroatoms. The lowest BCUT2D eigenvalue weighted by molar-refractivity contribution is -0.119. The van der Waals surface area contributed by atoms with E-state index in [1.54, 1.807) is 16.9 Å². The number of carbonyl (C=O) groups is 1. The van der Waals surface area contributed by atoms with E-state index in [0.29, 0.717) is 5.82 Å². The van der Waals surface area contributed by atoms with Crippen molar-refractivity contribution in [2.75, 3.05) is 11.9 Å². The van der Waals surface area contributed by atoms with Crippen molar-refractivity contribution in [1.29, 1.82) is 0 Å². The number of aromatic nitrogens is 3. The summed E-state index contributed by atoms with van der Waals surface area (Å²) in [5.74, 6) is 0.613. The topological polar surface area (TPSA) is 71.3 Å². The van der Waals surface area contributed by atoms with E-state index in [-0.39, 0.29) is 18.5 Å². The van der Waals surface area contributed by atoms with Crippen LogP contribution in [0.3, 0.4) is 0 Å². The second-order valence-corrected chi connectivity index (χ2v) is 4.47. The summed E-state index contributed by atoms with van der Waals surface area (Å²) in [5.41, 5.74) is 1.78. The van der Waals surface area contributed by atoms with Crippen molar-refractivity contribution in [2.24, 2.45) is 0 Å². The van der Waals surface area contributed by atoms with Crippen molar-refractivity contribution in [3.63, 3.8) is 0 Å². The number of hydrogen-bond acceptors (Lipinski definition) is 4. The largest absolute Gasteiger partial charge is 0.359 e. The van der Waals surface area contributed by atoms with E-state index in [2.05, 4.69) is 20.7 Å². The highest BCUT2D eigenvalue weighted by atomic mass is 16.1. The Hall–Kier alpha value is -2.11. The average Bonchev–Trinajstić information content (AvgIpc) is 2.66. The van der Waals surface area contributed by atoms with Crippen LogP contribution in [-0.4, -0.2) is 33.1 Å². The van der Waals surface area contributed by atoms with E-state index in [1.165, 1.54) is 0 Å². The first-order chi connectivity index (χ1) is 8.56. The lowest BCUT2D eigenvalue weighted by atomic mass is 10.4. The normalized spacial score (nSPS) is 10.9. The number of amides is 1. The van der Waals surface area contributed by atoms with Gasteiger partial charge in [-0.15, -0.1) is 0 Å². The fraction of sp³-hybridized carbons (Fsp3) is 0.417. The minimum Gasteiger partial charge on any atom is -0.359 e. The maximum absolute atomic E-state index is 11.5. The number of rotatable bonds is 4. The molecule has 0 aliphatic rings. The van der Waals surface area contributed by atoms with Crippen LogP contribution >= 0.6 is 0 Å². The fourth-order valence-corrected chi connectivity index (χ4v) is 1.72. The van der Waals surface area contributed by atoms with Crippen LogP contribution in [0.5, 0.6) is 0 Å². The third-order valence-electron chi connectivity index (χ3n) is 2.38. The minimum atomic E-state index is -0.0509. The first-order valence-corrected chi connectivity index (χ1v) is 5.90. The van der Waals surface area contributed by atoms with Crippen LogP contribution in [0.2, 0.25) is 0 Å². The highest BCUT2D eigenvalue weighted by Gasteiger charge is 2.07. The van der Waals surface area contributed by atoms with Gasteiger partial charge in [0.05, 0.1) is 12.2 Å². The molecule has 2 aromatic rings. The zero-order valence-electron chi connectivity index (χ0n) is 10.8. The first-order valence-electron chi connectivity index (χ1n) is 5.90. The number of nitrogens with zero attached hydrogens (tertiary/aromatic N) is 3. The molecule has 0 atom stereocenters. The second kappa shape index (κ2) is 5.03. The van der Waals surface area contributed by atoms with E-state index in [0.717, 1.165) is 11.2 Å². The molecule has 2 N–H and O–H groups in total. The Morgan fingerprint density at radius 2 is 2.28 bits per heavy atom. The molecule has 2 rings (SSSR count). The van der Waals surface area contributed by atoms with Gasteiger partial charge in [-0.2, -0.15) is 5.10 Å². The summed E-state index contributed by atoms with van der Waals surface area (Å²) in [4.78, 5) is 15.8. The molecule has 0 radical (unpaired) electrons. The molecule has 0 saturated carbocycles. The van der Waals surface area contributed by atoms with Gasteiger partial charge in [0.25, 0.3) is 0 Å². The molecule has 0 bridgehead atoms. The van der Waals surface area contributed by atoms with Crippen LogP contribution in [0, 0.1) is 6.92 Å². The van der Waals surface area contributed by atoms with Crippen LogP contribution in [0.4, 0.5) is 5.82 Å². The molecule has 96 valence electrons. The number of fused-ring (bicyclic) bond motifs is 1. The van der Waals surface area contributed by atoms with Crippen molar-refractivity contribution in [3.8, 4) is 0 Å². The monoisotopic (exact) mass is 247 g/mol. The molecule has 2 aromatic heterocycles. The maximum Gasteiger partial charge on any atom is 0.239 e. The summed E-state index contributed by atoms with van der Waals surface area (Å²) in [6.07, 6.45) is 3.43. The molecule has 0 aromatic carbocycles. The average molecular weight is 247 g/mol. The van der Waals surface area contributed by atoms with Crippen LogP contribution in [0.25, 0.3) is 5.52 Å². The SMILES string of the molecule is Cc1cc2c(NCC(=O)NC(C)C)nccn2n1. The molecule has 0 aliphatic carbocycles. The molecule has 0 unspecified atom stereocenters.